The Morgan fingerprint density at radius 1 is 0.682 bits per heavy atom. The molecular formula is C20H14N2. The third-order valence-electron chi connectivity index (χ3n) is 4.60. The Kier molecular flexibility index (Phi) is 2.18. The van der Waals surface area contributed by atoms with Gasteiger partial charge in [0.25, 0.3) is 0 Å². The third-order valence-corrected chi connectivity index (χ3v) is 4.60. The minimum absolute atomic E-state index is 0.498. The molecule has 0 saturated heterocycles. The maximum absolute atomic E-state index is 4.95. The largest absolute Gasteiger partial charge is 0.353 e. The SMILES string of the molecule is C1=NC2(Nc3ccccc31)c1ccccc1-c1ccccc12. The Hall–Kier alpha value is -2.87. The average Bonchev–Trinajstić information content (AvgIpc) is 2.86. The van der Waals surface area contributed by atoms with Crippen molar-refractivity contribution in [2.45, 2.75) is 5.66 Å². The number of para-hydroxylation sites is 1. The molecule has 1 aliphatic carbocycles. The standard InChI is InChI=1S/C20H14N2/c1-6-12-19-14(7-1)13-21-20(22-19)17-10-4-2-8-15(17)16-9-3-5-11-18(16)20/h1-13,22H. The van der Waals surface area contributed by atoms with Crippen LogP contribution < -0.4 is 5.32 Å². The predicted octanol–water partition coefficient (Wildman–Crippen LogP) is 4.41. The maximum Gasteiger partial charge on any atom is 0.183 e. The van der Waals surface area contributed by atoms with E-state index >= 15 is 0 Å². The molecule has 0 amide bonds. The summed E-state index contributed by atoms with van der Waals surface area (Å²) in [7, 11) is 0. The van der Waals surface area contributed by atoms with Crippen LogP contribution in [-0.4, -0.2) is 6.21 Å². The Morgan fingerprint density at radius 2 is 1.27 bits per heavy atom. The van der Waals surface area contributed by atoms with Gasteiger partial charge < -0.3 is 5.32 Å². The second kappa shape index (κ2) is 4.08. The van der Waals surface area contributed by atoms with Crippen LogP contribution in [0.1, 0.15) is 16.7 Å². The first-order valence-corrected chi connectivity index (χ1v) is 7.50. The van der Waals surface area contributed by atoms with E-state index in [9.17, 15) is 0 Å². The summed E-state index contributed by atoms with van der Waals surface area (Å²) in [4.78, 5) is 4.95. The number of nitrogens with zero attached hydrogens (tertiary/aromatic N) is 1. The van der Waals surface area contributed by atoms with E-state index in [-0.39, 0.29) is 0 Å². The highest BCUT2D eigenvalue weighted by Gasteiger charge is 2.44. The molecule has 2 heteroatoms. The number of hydrogen-bond acceptors (Lipinski definition) is 2. The first-order valence-electron chi connectivity index (χ1n) is 7.50. The number of rotatable bonds is 0. The number of hydrogen-bond donors (Lipinski definition) is 1. The molecule has 3 aromatic rings. The van der Waals surface area contributed by atoms with Gasteiger partial charge >= 0.3 is 0 Å². The van der Waals surface area contributed by atoms with Crippen LogP contribution in [0.3, 0.4) is 0 Å². The van der Waals surface area contributed by atoms with Gasteiger partial charge in [0, 0.05) is 28.6 Å². The molecule has 0 unspecified atom stereocenters. The molecule has 0 bridgehead atoms. The monoisotopic (exact) mass is 282 g/mol. The maximum atomic E-state index is 4.95. The minimum atomic E-state index is -0.498. The highest BCUT2D eigenvalue weighted by Crippen LogP contribution is 2.50. The zero-order chi connectivity index (χ0) is 14.6. The van der Waals surface area contributed by atoms with Gasteiger partial charge in [0.05, 0.1) is 0 Å². The fraction of sp³-hybridized carbons (Fsp3) is 0.0500. The molecule has 0 radical (unpaired) electrons. The lowest BCUT2D eigenvalue weighted by atomic mass is 9.94. The van der Waals surface area contributed by atoms with Crippen molar-refractivity contribution in [3.8, 4) is 11.1 Å². The summed E-state index contributed by atoms with van der Waals surface area (Å²) in [6, 6.07) is 25.4. The van der Waals surface area contributed by atoms with Crippen LogP contribution in [0.15, 0.2) is 77.8 Å². The van der Waals surface area contributed by atoms with Crippen molar-refractivity contribution in [2.75, 3.05) is 5.32 Å². The first-order chi connectivity index (χ1) is 10.9. The molecule has 1 spiro atoms. The quantitative estimate of drug-likeness (QED) is 0.649. The van der Waals surface area contributed by atoms with Crippen LogP contribution in [-0.2, 0) is 5.66 Å². The number of fused-ring (bicyclic) bond motifs is 6. The fourth-order valence-corrected chi connectivity index (χ4v) is 3.60. The van der Waals surface area contributed by atoms with Gasteiger partial charge in [0.15, 0.2) is 5.66 Å². The number of benzene rings is 3. The van der Waals surface area contributed by atoms with Crippen molar-refractivity contribution >= 4 is 11.9 Å². The van der Waals surface area contributed by atoms with Crippen molar-refractivity contribution in [1.82, 2.24) is 0 Å². The Bertz CT molecular complexity index is 879. The van der Waals surface area contributed by atoms with E-state index in [1.807, 2.05) is 12.3 Å². The smallest absolute Gasteiger partial charge is 0.183 e. The van der Waals surface area contributed by atoms with Gasteiger partial charge in [-0.1, -0.05) is 66.7 Å². The van der Waals surface area contributed by atoms with Gasteiger partial charge in [-0.2, -0.15) is 0 Å². The Labute approximate surface area is 129 Å². The molecule has 104 valence electrons. The van der Waals surface area contributed by atoms with E-state index < -0.39 is 5.66 Å². The van der Waals surface area contributed by atoms with E-state index in [1.165, 1.54) is 22.3 Å². The summed E-state index contributed by atoms with van der Waals surface area (Å²) < 4.78 is 0. The second-order valence-electron chi connectivity index (χ2n) is 5.77. The molecule has 2 aliphatic rings. The molecule has 1 heterocycles. The molecule has 5 rings (SSSR count). The van der Waals surface area contributed by atoms with Crippen LogP contribution in [0.5, 0.6) is 0 Å². The van der Waals surface area contributed by atoms with E-state index in [1.54, 1.807) is 0 Å². The lowest BCUT2D eigenvalue weighted by Gasteiger charge is -2.33. The molecule has 0 aromatic heterocycles. The first kappa shape index (κ1) is 11.8. The molecule has 2 nitrogen and oxygen atoms in total. The lowest BCUT2D eigenvalue weighted by Crippen LogP contribution is -2.35. The molecule has 0 fully saturated rings. The molecule has 0 saturated carbocycles. The average molecular weight is 282 g/mol. The topological polar surface area (TPSA) is 24.4 Å². The molecular weight excluding hydrogens is 268 g/mol. The van der Waals surface area contributed by atoms with Gasteiger partial charge in [0.1, 0.15) is 0 Å². The van der Waals surface area contributed by atoms with E-state index in [0.29, 0.717) is 0 Å². The van der Waals surface area contributed by atoms with Crippen molar-refractivity contribution in [2.24, 2.45) is 4.99 Å². The van der Waals surface area contributed by atoms with Gasteiger partial charge in [-0.25, -0.2) is 0 Å². The van der Waals surface area contributed by atoms with Crippen LogP contribution in [0.25, 0.3) is 11.1 Å². The Balaban J connectivity index is 1.83. The van der Waals surface area contributed by atoms with E-state index in [4.69, 9.17) is 4.99 Å². The van der Waals surface area contributed by atoms with Crippen molar-refractivity contribution in [3.63, 3.8) is 0 Å². The van der Waals surface area contributed by atoms with Crippen molar-refractivity contribution in [3.05, 3.63) is 89.5 Å². The summed E-state index contributed by atoms with van der Waals surface area (Å²) in [5.41, 5.74) is 6.74. The zero-order valence-corrected chi connectivity index (χ0v) is 12.0. The summed E-state index contributed by atoms with van der Waals surface area (Å²) >= 11 is 0. The van der Waals surface area contributed by atoms with Gasteiger partial charge in [0.2, 0.25) is 0 Å². The number of nitrogens with one attached hydrogen (secondary N) is 1. The highest BCUT2D eigenvalue weighted by molar-refractivity contribution is 5.94. The number of anilines is 1. The van der Waals surface area contributed by atoms with E-state index in [2.05, 4.69) is 72.0 Å². The number of aliphatic imine (C=N–C) groups is 1. The van der Waals surface area contributed by atoms with Gasteiger partial charge in [-0.15, -0.1) is 0 Å². The zero-order valence-electron chi connectivity index (χ0n) is 12.0. The summed E-state index contributed by atoms with van der Waals surface area (Å²) in [5, 5.41) is 3.69. The summed E-state index contributed by atoms with van der Waals surface area (Å²) in [5.74, 6) is 0. The summed E-state index contributed by atoms with van der Waals surface area (Å²) in [6.45, 7) is 0. The van der Waals surface area contributed by atoms with Crippen molar-refractivity contribution < 1.29 is 0 Å². The van der Waals surface area contributed by atoms with Crippen LogP contribution in [0.2, 0.25) is 0 Å². The normalized spacial score (nSPS) is 15.8. The molecule has 1 N–H and O–H groups in total. The molecule has 22 heavy (non-hydrogen) atoms. The van der Waals surface area contributed by atoms with Gasteiger partial charge in [-0.3, -0.25) is 4.99 Å². The highest BCUT2D eigenvalue weighted by atomic mass is 15.2. The molecule has 1 aliphatic heterocycles. The molecule has 0 atom stereocenters. The minimum Gasteiger partial charge on any atom is -0.353 e. The second-order valence-corrected chi connectivity index (χ2v) is 5.77. The predicted molar refractivity (Wildman–Crippen MR) is 90.3 cm³/mol. The van der Waals surface area contributed by atoms with Gasteiger partial charge in [-0.05, 0) is 17.2 Å². The van der Waals surface area contributed by atoms with E-state index in [0.717, 1.165) is 11.3 Å². The van der Waals surface area contributed by atoms with Crippen LogP contribution in [0, 0.1) is 0 Å². The van der Waals surface area contributed by atoms with Crippen molar-refractivity contribution in [1.29, 1.82) is 0 Å². The van der Waals surface area contributed by atoms with Crippen LogP contribution in [0.4, 0.5) is 5.69 Å². The molecule has 3 aromatic carbocycles. The third kappa shape index (κ3) is 1.37. The van der Waals surface area contributed by atoms with Crippen LogP contribution >= 0.6 is 0 Å². The Morgan fingerprint density at radius 3 is 2.00 bits per heavy atom. The summed E-state index contributed by atoms with van der Waals surface area (Å²) in [6.07, 6.45) is 1.99. The lowest BCUT2D eigenvalue weighted by molar-refractivity contribution is 0.641. The fourth-order valence-electron chi connectivity index (χ4n) is 3.60.